The van der Waals surface area contributed by atoms with E-state index in [1.54, 1.807) is 0 Å². The Labute approximate surface area is 84.7 Å². The summed E-state index contributed by atoms with van der Waals surface area (Å²) < 4.78 is 1.83. The molecule has 1 aliphatic carbocycles. The van der Waals surface area contributed by atoms with Crippen LogP contribution in [0, 0.1) is 5.41 Å². The minimum absolute atomic E-state index is 0.156. The van der Waals surface area contributed by atoms with E-state index in [4.69, 9.17) is 0 Å². The van der Waals surface area contributed by atoms with Gasteiger partial charge in [-0.2, -0.15) is 5.10 Å². The molecule has 0 amide bonds. The highest BCUT2D eigenvalue weighted by Crippen LogP contribution is 2.40. The first-order valence-electron chi connectivity index (χ1n) is 5.32. The molecule has 1 N–H and O–H groups in total. The molecule has 0 bridgehead atoms. The number of hydrogen-bond donors (Lipinski definition) is 1. The molecule has 0 aliphatic heterocycles. The summed E-state index contributed by atoms with van der Waals surface area (Å²) in [6.07, 6.45) is 9.81. The summed E-state index contributed by atoms with van der Waals surface area (Å²) in [5.74, 6) is 0. The fourth-order valence-electron chi connectivity index (χ4n) is 2.51. The summed E-state index contributed by atoms with van der Waals surface area (Å²) in [4.78, 5) is 0. The Bertz CT molecular complexity index is 300. The number of aryl methyl sites for hydroxylation is 1. The van der Waals surface area contributed by atoms with E-state index in [2.05, 4.69) is 11.3 Å². The Morgan fingerprint density at radius 1 is 1.50 bits per heavy atom. The van der Waals surface area contributed by atoms with Crippen LogP contribution in [0.5, 0.6) is 0 Å². The van der Waals surface area contributed by atoms with Crippen molar-refractivity contribution in [1.82, 2.24) is 9.78 Å². The van der Waals surface area contributed by atoms with Gasteiger partial charge >= 0.3 is 0 Å². The van der Waals surface area contributed by atoms with Crippen molar-refractivity contribution < 1.29 is 5.11 Å². The molecule has 2 rings (SSSR count). The highest BCUT2D eigenvalue weighted by atomic mass is 16.3. The largest absolute Gasteiger partial charge is 0.396 e. The van der Waals surface area contributed by atoms with Gasteiger partial charge in [0.25, 0.3) is 0 Å². The first-order chi connectivity index (χ1) is 6.74. The molecular weight excluding hydrogens is 176 g/mol. The minimum Gasteiger partial charge on any atom is -0.396 e. The van der Waals surface area contributed by atoms with Crippen LogP contribution in [0.2, 0.25) is 0 Å². The zero-order chi connectivity index (χ0) is 10.0. The Morgan fingerprint density at radius 3 is 2.71 bits per heavy atom. The van der Waals surface area contributed by atoms with E-state index in [9.17, 15) is 5.11 Å². The van der Waals surface area contributed by atoms with Crippen LogP contribution in [-0.4, -0.2) is 21.5 Å². The molecule has 0 atom stereocenters. The second-order valence-corrected chi connectivity index (χ2v) is 4.56. The van der Waals surface area contributed by atoms with Gasteiger partial charge in [0.1, 0.15) is 0 Å². The lowest BCUT2D eigenvalue weighted by Gasteiger charge is -2.25. The summed E-state index contributed by atoms with van der Waals surface area (Å²) in [7, 11) is 1.93. The van der Waals surface area contributed by atoms with Crippen LogP contribution in [0.25, 0.3) is 0 Å². The highest BCUT2D eigenvalue weighted by molar-refractivity contribution is 5.08. The van der Waals surface area contributed by atoms with Gasteiger partial charge in [0.05, 0.1) is 6.20 Å². The summed E-state index contributed by atoms with van der Waals surface area (Å²) in [5, 5.41) is 13.6. The Balaban J connectivity index is 2.08. The van der Waals surface area contributed by atoms with Crippen LogP contribution < -0.4 is 0 Å². The van der Waals surface area contributed by atoms with Gasteiger partial charge in [0, 0.05) is 19.9 Å². The van der Waals surface area contributed by atoms with Crippen LogP contribution >= 0.6 is 0 Å². The predicted molar refractivity (Wildman–Crippen MR) is 54.9 cm³/mol. The van der Waals surface area contributed by atoms with Crippen molar-refractivity contribution in [2.24, 2.45) is 12.5 Å². The van der Waals surface area contributed by atoms with Gasteiger partial charge in [-0.1, -0.05) is 12.8 Å². The molecule has 1 aromatic heterocycles. The third kappa shape index (κ3) is 1.82. The lowest BCUT2D eigenvalue weighted by molar-refractivity contribution is 0.130. The normalized spacial score (nSPS) is 20.1. The molecule has 1 fully saturated rings. The van der Waals surface area contributed by atoms with E-state index in [1.807, 2.05) is 17.9 Å². The number of aromatic nitrogens is 2. The van der Waals surface area contributed by atoms with Crippen molar-refractivity contribution in [2.45, 2.75) is 32.1 Å². The second-order valence-electron chi connectivity index (χ2n) is 4.56. The van der Waals surface area contributed by atoms with E-state index < -0.39 is 0 Å². The molecule has 1 aromatic rings. The summed E-state index contributed by atoms with van der Waals surface area (Å²) in [6, 6.07) is 0. The lowest BCUT2D eigenvalue weighted by Crippen LogP contribution is -2.24. The van der Waals surface area contributed by atoms with Crippen molar-refractivity contribution in [3.05, 3.63) is 18.0 Å². The van der Waals surface area contributed by atoms with Gasteiger partial charge in [-0.05, 0) is 30.2 Å². The van der Waals surface area contributed by atoms with E-state index in [0.717, 1.165) is 6.42 Å². The average molecular weight is 194 g/mol. The van der Waals surface area contributed by atoms with Crippen LogP contribution in [0.3, 0.4) is 0 Å². The maximum atomic E-state index is 9.46. The average Bonchev–Trinajstić information content (AvgIpc) is 2.77. The first-order valence-corrected chi connectivity index (χ1v) is 5.32. The fraction of sp³-hybridized carbons (Fsp3) is 0.727. The van der Waals surface area contributed by atoms with E-state index in [-0.39, 0.29) is 5.41 Å². The Hall–Kier alpha value is -0.830. The second kappa shape index (κ2) is 3.73. The molecule has 3 heteroatoms. The van der Waals surface area contributed by atoms with Gasteiger partial charge in [-0.15, -0.1) is 0 Å². The third-order valence-corrected chi connectivity index (χ3v) is 3.34. The van der Waals surface area contributed by atoms with Gasteiger partial charge in [-0.3, -0.25) is 4.68 Å². The number of aliphatic hydroxyl groups is 1. The van der Waals surface area contributed by atoms with E-state index in [0.29, 0.717) is 6.61 Å². The summed E-state index contributed by atoms with van der Waals surface area (Å²) in [6.45, 7) is 0.321. The maximum Gasteiger partial charge on any atom is 0.0521 e. The molecule has 0 saturated heterocycles. The van der Waals surface area contributed by atoms with Crippen molar-refractivity contribution in [2.75, 3.05) is 6.61 Å². The standard InChI is InChI=1S/C11H18N2O/c1-13-8-10(7-12-13)6-11(9-14)4-2-3-5-11/h7-8,14H,2-6,9H2,1H3. The van der Waals surface area contributed by atoms with Crippen molar-refractivity contribution in [3.8, 4) is 0 Å². The molecule has 0 radical (unpaired) electrons. The maximum absolute atomic E-state index is 9.46. The van der Waals surface area contributed by atoms with Gasteiger partial charge in [0.2, 0.25) is 0 Å². The number of nitrogens with zero attached hydrogens (tertiary/aromatic N) is 2. The molecular formula is C11H18N2O. The zero-order valence-corrected chi connectivity index (χ0v) is 8.74. The topological polar surface area (TPSA) is 38.0 Å². The monoisotopic (exact) mass is 194 g/mol. The molecule has 1 saturated carbocycles. The molecule has 3 nitrogen and oxygen atoms in total. The van der Waals surface area contributed by atoms with Gasteiger partial charge in [0.15, 0.2) is 0 Å². The fourth-order valence-corrected chi connectivity index (χ4v) is 2.51. The van der Waals surface area contributed by atoms with Crippen molar-refractivity contribution >= 4 is 0 Å². The highest BCUT2D eigenvalue weighted by Gasteiger charge is 2.33. The third-order valence-electron chi connectivity index (χ3n) is 3.34. The first kappa shape index (κ1) is 9.71. The zero-order valence-electron chi connectivity index (χ0n) is 8.74. The minimum atomic E-state index is 0.156. The molecule has 0 aromatic carbocycles. The van der Waals surface area contributed by atoms with Gasteiger partial charge < -0.3 is 5.11 Å². The lowest BCUT2D eigenvalue weighted by atomic mass is 9.82. The van der Waals surface area contributed by atoms with E-state index >= 15 is 0 Å². The predicted octanol–water partition coefficient (Wildman–Crippen LogP) is 1.52. The molecule has 1 aliphatic rings. The van der Waals surface area contributed by atoms with Crippen LogP contribution in [-0.2, 0) is 13.5 Å². The van der Waals surface area contributed by atoms with Gasteiger partial charge in [-0.25, -0.2) is 0 Å². The smallest absolute Gasteiger partial charge is 0.0521 e. The quantitative estimate of drug-likeness (QED) is 0.792. The number of aliphatic hydroxyl groups excluding tert-OH is 1. The summed E-state index contributed by atoms with van der Waals surface area (Å²) >= 11 is 0. The van der Waals surface area contributed by atoms with Crippen molar-refractivity contribution in [1.29, 1.82) is 0 Å². The Kier molecular flexibility index (Phi) is 2.59. The Morgan fingerprint density at radius 2 is 2.21 bits per heavy atom. The molecule has 0 unspecified atom stereocenters. The molecule has 1 heterocycles. The SMILES string of the molecule is Cn1cc(CC2(CO)CCCC2)cn1. The summed E-state index contributed by atoms with van der Waals surface area (Å²) in [5.41, 5.74) is 1.41. The molecule has 78 valence electrons. The molecule has 14 heavy (non-hydrogen) atoms. The van der Waals surface area contributed by atoms with E-state index in [1.165, 1.54) is 31.2 Å². The van der Waals surface area contributed by atoms with Crippen molar-refractivity contribution in [3.63, 3.8) is 0 Å². The molecule has 0 spiro atoms. The van der Waals surface area contributed by atoms with Crippen LogP contribution in [0.15, 0.2) is 12.4 Å². The number of rotatable bonds is 3. The number of hydrogen-bond acceptors (Lipinski definition) is 2. The van der Waals surface area contributed by atoms with Crippen LogP contribution in [0.4, 0.5) is 0 Å². The van der Waals surface area contributed by atoms with Crippen LogP contribution in [0.1, 0.15) is 31.2 Å².